The van der Waals surface area contributed by atoms with Crippen molar-refractivity contribution in [2.45, 2.75) is 32.4 Å². The topological polar surface area (TPSA) is 29.3 Å². The average Bonchev–Trinajstić information content (AvgIpc) is 3.11. The summed E-state index contributed by atoms with van der Waals surface area (Å²) < 4.78 is 39.3. The van der Waals surface area contributed by atoms with E-state index in [1.807, 2.05) is 11.8 Å². The van der Waals surface area contributed by atoms with Crippen LogP contribution in [0.15, 0.2) is 18.2 Å². The molecular weight excluding hydrogens is 253 g/mol. The van der Waals surface area contributed by atoms with E-state index in [0.29, 0.717) is 19.0 Å². The molecule has 0 aliphatic heterocycles. The van der Waals surface area contributed by atoms with Gasteiger partial charge in [0.25, 0.3) is 0 Å². The van der Waals surface area contributed by atoms with E-state index >= 15 is 0 Å². The smallest absolute Gasteiger partial charge is 0.399 e. The largest absolute Gasteiger partial charge is 0.418 e. The van der Waals surface area contributed by atoms with Crippen LogP contribution in [0.5, 0.6) is 0 Å². The van der Waals surface area contributed by atoms with Crippen molar-refractivity contribution in [2.75, 3.05) is 23.7 Å². The molecule has 19 heavy (non-hydrogen) atoms. The summed E-state index contributed by atoms with van der Waals surface area (Å²) in [5.74, 6) is 0.546. The SMILES string of the molecule is CCCN(CC1CC1)c1ccc(N)cc1C(F)(F)F. The van der Waals surface area contributed by atoms with E-state index in [9.17, 15) is 13.2 Å². The van der Waals surface area contributed by atoms with Gasteiger partial charge in [-0.2, -0.15) is 13.2 Å². The Kier molecular flexibility index (Phi) is 3.92. The van der Waals surface area contributed by atoms with Crippen LogP contribution >= 0.6 is 0 Å². The van der Waals surface area contributed by atoms with Gasteiger partial charge in [-0.1, -0.05) is 6.92 Å². The van der Waals surface area contributed by atoms with Gasteiger partial charge in [0.2, 0.25) is 0 Å². The van der Waals surface area contributed by atoms with Crippen LogP contribution in [-0.2, 0) is 6.18 Å². The molecule has 2 rings (SSSR count). The van der Waals surface area contributed by atoms with Gasteiger partial charge in [0.05, 0.1) is 5.56 Å². The number of halogens is 3. The number of benzene rings is 1. The zero-order valence-electron chi connectivity index (χ0n) is 11.0. The molecule has 1 fully saturated rings. The van der Waals surface area contributed by atoms with E-state index < -0.39 is 11.7 Å². The van der Waals surface area contributed by atoms with E-state index in [-0.39, 0.29) is 11.4 Å². The quantitative estimate of drug-likeness (QED) is 0.823. The Balaban J connectivity index is 2.33. The minimum absolute atomic E-state index is 0.152. The zero-order valence-corrected chi connectivity index (χ0v) is 11.0. The molecule has 1 saturated carbocycles. The maximum Gasteiger partial charge on any atom is 0.418 e. The second-order valence-corrected chi connectivity index (χ2v) is 5.16. The summed E-state index contributed by atoms with van der Waals surface area (Å²) in [6, 6.07) is 4.07. The van der Waals surface area contributed by atoms with Gasteiger partial charge in [-0.25, -0.2) is 0 Å². The summed E-state index contributed by atoms with van der Waals surface area (Å²) in [5.41, 5.74) is 5.28. The zero-order chi connectivity index (χ0) is 14.0. The molecule has 1 aliphatic carbocycles. The fourth-order valence-electron chi connectivity index (χ4n) is 2.25. The van der Waals surface area contributed by atoms with E-state index in [0.717, 1.165) is 25.3 Å². The predicted octanol–water partition coefficient (Wildman–Crippen LogP) is 3.91. The predicted molar refractivity (Wildman–Crippen MR) is 71.1 cm³/mol. The Hall–Kier alpha value is -1.39. The molecule has 5 heteroatoms. The van der Waals surface area contributed by atoms with Crippen molar-refractivity contribution >= 4 is 11.4 Å². The van der Waals surface area contributed by atoms with Crippen molar-refractivity contribution in [1.29, 1.82) is 0 Å². The molecular formula is C14H19F3N2. The number of alkyl halides is 3. The molecule has 0 amide bonds. The number of hydrogen-bond acceptors (Lipinski definition) is 2. The highest BCUT2D eigenvalue weighted by Crippen LogP contribution is 2.39. The second-order valence-electron chi connectivity index (χ2n) is 5.16. The lowest BCUT2D eigenvalue weighted by molar-refractivity contribution is -0.137. The molecule has 1 aromatic rings. The maximum atomic E-state index is 13.1. The lowest BCUT2D eigenvalue weighted by atomic mass is 10.1. The van der Waals surface area contributed by atoms with E-state index in [4.69, 9.17) is 5.73 Å². The third-order valence-electron chi connectivity index (χ3n) is 3.34. The lowest BCUT2D eigenvalue weighted by Crippen LogP contribution is -2.29. The summed E-state index contributed by atoms with van der Waals surface area (Å²) in [6.45, 7) is 3.33. The van der Waals surface area contributed by atoms with Crippen molar-refractivity contribution < 1.29 is 13.2 Å². The van der Waals surface area contributed by atoms with Crippen molar-refractivity contribution in [3.05, 3.63) is 23.8 Å². The molecule has 0 bridgehead atoms. The van der Waals surface area contributed by atoms with Crippen LogP contribution in [0.1, 0.15) is 31.7 Å². The first-order valence-corrected chi connectivity index (χ1v) is 6.63. The fraction of sp³-hybridized carbons (Fsp3) is 0.571. The molecule has 0 atom stereocenters. The molecule has 106 valence electrons. The average molecular weight is 272 g/mol. The molecule has 1 aliphatic rings. The summed E-state index contributed by atoms with van der Waals surface area (Å²) in [6.07, 6.45) is -1.29. The van der Waals surface area contributed by atoms with Crippen LogP contribution < -0.4 is 10.6 Å². The standard InChI is InChI=1S/C14H19F3N2/c1-2-7-19(9-10-3-4-10)13-6-5-11(18)8-12(13)14(15,16)17/h5-6,8,10H,2-4,7,9,18H2,1H3. The molecule has 0 radical (unpaired) electrons. The van der Waals surface area contributed by atoms with Gasteiger partial charge in [0.1, 0.15) is 0 Å². The van der Waals surface area contributed by atoms with Gasteiger partial charge >= 0.3 is 6.18 Å². The Bertz CT molecular complexity index is 439. The second kappa shape index (κ2) is 5.31. The van der Waals surface area contributed by atoms with E-state index in [1.165, 1.54) is 6.07 Å². The van der Waals surface area contributed by atoms with Gasteiger partial charge in [-0.3, -0.25) is 0 Å². The Labute approximate surface area is 111 Å². The first kappa shape index (κ1) is 14.0. The van der Waals surface area contributed by atoms with Gasteiger partial charge in [0.15, 0.2) is 0 Å². The van der Waals surface area contributed by atoms with Crippen LogP contribution in [0, 0.1) is 5.92 Å². The van der Waals surface area contributed by atoms with Gasteiger partial charge < -0.3 is 10.6 Å². The summed E-state index contributed by atoms with van der Waals surface area (Å²) in [4.78, 5) is 1.85. The number of rotatable bonds is 5. The summed E-state index contributed by atoms with van der Waals surface area (Å²) in [5, 5.41) is 0. The third-order valence-corrected chi connectivity index (χ3v) is 3.34. The van der Waals surface area contributed by atoms with Gasteiger partial charge in [0, 0.05) is 24.5 Å². The summed E-state index contributed by atoms with van der Waals surface area (Å²) >= 11 is 0. The molecule has 0 saturated heterocycles. The van der Waals surface area contributed by atoms with E-state index in [1.54, 1.807) is 6.07 Å². The van der Waals surface area contributed by atoms with Crippen LogP contribution in [0.4, 0.5) is 24.5 Å². The monoisotopic (exact) mass is 272 g/mol. The Morgan fingerprint density at radius 1 is 1.32 bits per heavy atom. The number of nitrogen functional groups attached to an aromatic ring is 1. The number of anilines is 2. The van der Waals surface area contributed by atoms with Crippen LogP contribution in [0.25, 0.3) is 0 Å². The Morgan fingerprint density at radius 2 is 2.00 bits per heavy atom. The highest BCUT2D eigenvalue weighted by Gasteiger charge is 2.36. The van der Waals surface area contributed by atoms with Crippen molar-refractivity contribution in [1.82, 2.24) is 0 Å². The minimum atomic E-state index is -4.36. The lowest BCUT2D eigenvalue weighted by Gasteiger charge is -2.27. The highest BCUT2D eigenvalue weighted by atomic mass is 19.4. The number of nitrogens with two attached hydrogens (primary N) is 1. The first-order chi connectivity index (χ1) is 8.91. The van der Waals surface area contributed by atoms with Crippen molar-refractivity contribution in [3.8, 4) is 0 Å². The van der Waals surface area contributed by atoms with Gasteiger partial charge in [-0.15, -0.1) is 0 Å². The maximum absolute atomic E-state index is 13.1. The van der Waals surface area contributed by atoms with E-state index in [2.05, 4.69) is 0 Å². The fourth-order valence-corrected chi connectivity index (χ4v) is 2.25. The van der Waals surface area contributed by atoms with Crippen LogP contribution in [0.3, 0.4) is 0 Å². The number of hydrogen-bond donors (Lipinski definition) is 1. The molecule has 2 nitrogen and oxygen atoms in total. The molecule has 0 unspecified atom stereocenters. The third kappa shape index (κ3) is 3.55. The molecule has 0 spiro atoms. The van der Waals surface area contributed by atoms with Crippen LogP contribution in [-0.4, -0.2) is 13.1 Å². The van der Waals surface area contributed by atoms with Crippen molar-refractivity contribution in [3.63, 3.8) is 0 Å². The normalized spacial score (nSPS) is 15.6. The summed E-state index contributed by atoms with van der Waals surface area (Å²) in [7, 11) is 0. The molecule has 2 N–H and O–H groups in total. The van der Waals surface area contributed by atoms with Crippen molar-refractivity contribution in [2.24, 2.45) is 5.92 Å². The molecule has 0 aromatic heterocycles. The first-order valence-electron chi connectivity index (χ1n) is 6.63. The minimum Gasteiger partial charge on any atom is -0.399 e. The molecule has 1 aromatic carbocycles. The molecule has 0 heterocycles. The van der Waals surface area contributed by atoms with Gasteiger partial charge in [-0.05, 0) is 43.4 Å². The number of nitrogens with zero attached hydrogens (tertiary/aromatic N) is 1. The Morgan fingerprint density at radius 3 is 2.53 bits per heavy atom. The highest BCUT2D eigenvalue weighted by molar-refractivity contribution is 5.61. The van der Waals surface area contributed by atoms with Crippen LogP contribution in [0.2, 0.25) is 0 Å².